The van der Waals surface area contributed by atoms with E-state index in [4.69, 9.17) is 11.6 Å². The number of rotatable bonds is 4. The summed E-state index contributed by atoms with van der Waals surface area (Å²) in [7, 11) is -3.82. The van der Waals surface area contributed by atoms with E-state index in [-0.39, 0.29) is 23.8 Å². The van der Waals surface area contributed by atoms with Crippen LogP contribution in [0.5, 0.6) is 0 Å². The SMILES string of the molecule is O=C(Nc1ccc(Cl)c(C(F)(F)F)c1)[C@H]1CCCN(S(=O)(=O)c2cnc[nH]2)C1. The largest absolute Gasteiger partial charge is 0.417 e. The van der Waals surface area contributed by atoms with Gasteiger partial charge in [-0.3, -0.25) is 4.79 Å². The van der Waals surface area contributed by atoms with Crippen molar-refractivity contribution in [3.63, 3.8) is 0 Å². The summed E-state index contributed by atoms with van der Waals surface area (Å²) in [5, 5.41) is 1.86. The molecule has 1 aliphatic rings. The monoisotopic (exact) mass is 436 g/mol. The van der Waals surface area contributed by atoms with Gasteiger partial charge in [-0.2, -0.15) is 17.5 Å². The first-order valence-electron chi connectivity index (χ1n) is 8.25. The van der Waals surface area contributed by atoms with E-state index in [1.807, 2.05) is 0 Å². The van der Waals surface area contributed by atoms with Crippen molar-refractivity contribution >= 4 is 33.2 Å². The average molecular weight is 437 g/mol. The molecule has 1 aromatic heterocycles. The maximum Gasteiger partial charge on any atom is 0.417 e. The van der Waals surface area contributed by atoms with Gasteiger partial charge in [-0.05, 0) is 31.0 Å². The molecule has 152 valence electrons. The number of carbonyl (C=O) groups excluding carboxylic acids is 1. The van der Waals surface area contributed by atoms with E-state index >= 15 is 0 Å². The molecule has 28 heavy (non-hydrogen) atoms. The zero-order valence-corrected chi connectivity index (χ0v) is 15.9. The number of nitrogens with one attached hydrogen (secondary N) is 2. The van der Waals surface area contributed by atoms with E-state index in [1.165, 1.54) is 18.6 Å². The topological polar surface area (TPSA) is 95.2 Å². The van der Waals surface area contributed by atoms with Crippen LogP contribution in [-0.4, -0.2) is 41.7 Å². The summed E-state index contributed by atoms with van der Waals surface area (Å²) in [4.78, 5) is 18.7. The highest BCUT2D eigenvalue weighted by Gasteiger charge is 2.35. The lowest BCUT2D eigenvalue weighted by Gasteiger charge is -2.30. The number of alkyl halides is 3. The first kappa shape index (κ1) is 20.6. The molecule has 3 rings (SSSR count). The van der Waals surface area contributed by atoms with Crippen molar-refractivity contribution < 1.29 is 26.4 Å². The molecule has 1 amide bonds. The lowest BCUT2D eigenvalue weighted by Crippen LogP contribution is -2.43. The number of aromatic amines is 1. The molecule has 2 aromatic rings. The molecule has 7 nitrogen and oxygen atoms in total. The van der Waals surface area contributed by atoms with Crippen LogP contribution in [0, 0.1) is 5.92 Å². The van der Waals surface area contributed by atoms with Crippen LogP contribution in [0.4, 0.5) is 18.9 Å². The summed E-state index contributed by atoms with van der Waals surface area (Å²) in [6, 6.07) is 3.06. The number of amides is 1. The second-order valence-corrected chi connectivity index (χ2v) is 8.61. The van der Waals surface area contributed by atoms with Crippen LogP contribution >= 0.6 is 11.6 Å². The van der Waals surface area contributed by atoms with Gasteiger partial charge >= 0.3 is 6.18 Å². The molecule has 1 aromatic carbocycles. The number of halogens is 4. The standard InChI is InChI=1S/C16H16ClF3N4O3S/c17-13-4-3-11(6-12(13)16(18,19)20)23-15(25)10-2-1-5-24(8-10)28(26,27)14-7-21-9-22-14/h3-4,6-7,9-10H,1-2,5,8H2,(H,21,22)(H,23,25)/t10-/m0/s1. The Morgan fingerprint density at radius 3 is 2.75 bits per heavy atom. The maximum atomic E-state index is 13.0. The fourth-order valence-corrected chi connectivity index (χ4v) is 4.61. The second-order valence-electron chi connectivity index (χ2n) is 6.30. The number of benzene rings is 1. The van der Waals surface area contributed by atoms with Crippen LogP contribution in [0.25, 0.3) is 0 Å². The number of imidazole rings is 1. The van der Waals surface area contributed by atoms with Crippen molar-refractivity contribution in [3.8, 4) is 0 Å². The highest BCUT2D eigenvalue weighted by Crippen LogP contribution is 2.36. The number of H-pyrrole nitrogens is 1. The van der Waals surface area contributed by atoms with E-state index in [2.05, 4.69) is 15.3 Å². The van der Waals surface area contributed by atoms with Gasteiger partial charge in [0.2, 0.25) is 5.91 Å². The molecule has 1 atom stereocenters. The van der Waals surface area contributed by atoms with Gasteiger partial charge in [0.25, 0.3) is 10.0 Å². The summed E-state index contributed by atoms with van der Waals surface area (Å²) in [5.41, 5.74) is -1.12. The molecule has 2 N–H and O–H groups in total. The summed E-state index contributed by atoms with van der Waals surface area (Å²) in [5.74, 6) is -1.25. The van der Waals surface area contributed by atoms with Gasteiger partial charge in [-0.25, -0.2) is 13.4 Å². The molecular formula is C16H16ClF3N4O3S. The summed E-state index contributed by atoms with van der Waals surface area (Å²) in [6.07, 6.45) is -1.39. The van der Waals surface area contributed by atoms with E-state index < -0.39 is 38.6 Å². The Balaban J connectivity index is 1.73. The second kappa shape index (κ2) is 7.72. The van der Waals surface area contributed by atoms with E-state index in [1.54, 1.807) is 0 Å². The van der Waals surface area contributed by atoms with Gasteiger partial charge in [0.15, 0.2) is 5.03 Å². The fourth-order valence-electron chi connectivity index (χ4n) is 2.96. The van der Waals surface area contributed by atoms with E-state index in [0.29, 0.717) is 12.8 Å². The number of aromatic nitrogens is 2. The minimum Gasteiger partial charge on any atom is -0.335 e. The van der Waals surface area contributed by atoms with Crippen molar-refractivity contribution in [2.45, 2.75) is 24.0 Å². The highest BCUT2D eigenvalue weighted by atomic mass is 35.5. The van der Waals surface area contributed by atoms with Crippen LogP contribution < -0.4 is 5.32 Å². The van der Waals surface area contributed by atoms with Crippen LogP contribution in [0.15, 0.2) is 35.7 Å². The van der Waals surface area contributed by atoms with Gasteiger partial charge in [0.1, 0.15) is 0 Å². The summed E-state index contributed by atoms with van der Waals surface area (Å²) >= 11 is 5.57. The van der Waals surface area contributed by atoms with Gasteiger partial charge in [0, 0.05) is 18.8 Å². The van der Waals surface area contributed by atoms with Gasteiger partial charge < -0.3 is 10.3 Å². The maximum absolute atomic E-state index is 13.0. The number of nitrogens with zero attached hydrogens (tertiary/aromatic N) is 2. The minimum atomic E-state index is -4.66. The smallest absolute Gasteiger partial charge is 0.335 e. The Bertz CT molecular complexity index is 964. The van der Waals surface area contributed by atoms with E-state index in [9.17, 15) is 26.4 Å². The van der Waals surface area contributed by atoms with Gasteiger partial charge in [0.05, 0.1) is 29.0 Å². The van der Waals surface area contributed by atoms with E-state index in [0.717, 1.165) is 16.4 Å². The number of sulfonamides is 1. The molecule has 1 fully saturated rings. The van der Waals surface area contributed by atoms with Crippen molar-refractivity contribution in [2.24, 2.45) is 5.92 Å². The molecule has 12 heteroatoms. The number of hydrogen-bond donors (Lipinski definition) is 2. The third kappa shape index (κ3) is 4.31. The van der Waals surface area contributed by atoms with Crippen LogP contribution in [0.2, 0.25) is 5.02 Å². The third-order valence-electron chi connectivity index (χ3n) is 4.39. The number of hydrogen-bond acceptors (Lipinski definition) is 4. The molecule has 0 bridgehead atoms. The highest BCUT2D eigenvalue weighted by molar-refractivity contribution is 7.89. The molecule has 0 aliphatic carbocycles. The van der Waals surface area contributed by atoms with Crippen LogP contribution in [0.1, 0.15) is 18.4 Å². The number of anilines is 1. The summed E-state index contributed by atoms with van der Waals surface area (Å²) < 4.78 is 65.1. The lowest BCUT2D eigenvalue weighted by molar-refractivity contribution is -0.137. The Hall–Kier alpha value is -2.11. The molecule has 0 radical (unpaired) electrons. The number of piperidine rings is 1. The Kier molecular flexibility index (Phi) is 5.69. The predicted molar refractivity (Wildman–Crippen MR) is 95.2 cm³/mol. The zero-order valence-electron chi connectivity index (χ0n) is 14.3. The van der Waals surface area contributed by atoms with Crippen molar-refractivity contribution in [2.75, 3.05) is 18.4 Å². The predicted octanol–water partition coefficient (Wildman–Crippen LogP) is 3.12. The van der Waals surface area contributed by atoms with Crippen molar-refractivity contribution in [1.29, 1.82) is 0 Å². The first-order valence-corrected chi connectivity index (χ1v) is 10.1. The zero-order chi connectivity index (χ0) is 20.5. The molecular weight excluding hydrogens is 421 g/mol. The Morgan fingerprint density at radius 1 is 1.36 bits per heavy atom. The molecule has 0 spiro atoms. The molecule has 1 aliphatic heterocycles. The lowest BCUT2D eigenvalue weighted by atomic mass is 9.98. The Morgan fingerprint density at radius 2 is 2.11 bits per heavy atom. The normalized spacial score (nSPS) is 18.8. The van der Waals surface area contributed by atoms with Gasteiger partial charge in [-0.15, -0.1) is 0 Å². The first-order chi connectivity index (χ1) is 13.1. The minimum absolute atomic E-state index is 0.0599. The quantitative estimate of drug-likeness (QED) is 0.769. The van der Waals surface area contributed by atoms with Crippen molar-refractivity contribution in [1.82, 2.24) is 14.3 Å². The molecule has 0 saturated carbocycles. The van der Waals surface area contributed by atoms with Crippen molar-refractivity contribution in [3.05, 3.63) is 41.3 Å². The van der Waals surface area contributed by atoms with Crippen LogP contribution in [0.3, 0.4) is 0 Å². The number of carbonyl (C=O) groups is 1. The third-order valence-corrected chi connectivity index (χ3v) is 6.51. The van der Waals surface area contributed by atoms with Gasteiger partial charge in [-0.1, -0.05) is 11.6 Å². The fraction of sp³-hybridized carbons (Fsp3) is 0.375. The van der Waals surface area contributed by atoms with Crippen LogP contribution in [-0.2, 0) is 21.0 Å². The Labute approximate surface area is 163 Å². The summed E-state index contributed by atoms with van der Waals surface area (Å²) in [6.45, 7) is 0.164. The molecule has 0 unspecified atom stereocenters. The molecule has 2 heterocycles. The molecule has 1 saturated heterocycles. The average Bonchev–Trinajstić information content (AvgIpc) is 3.18.